The molecule has 0 saturated carbocycles. The standard InChI is InChI=1S/C26H21N7O12S3/c27-15-4-6-16(7-5-15)28-29-17-3-1-2-14(10-17)25(32-30-21-11-18(46(37,38)39)8-9-20(21)26(35)36)33-31-22-12-19(47(40,41)42)13-23(24(22)34)48(43,44)45/h1-13,31,34H,27H2,(H,35,36)(H,37,38,39)(H,40,41,42)(H,43,44,45)/b29-28?,32-30?,33-25+. The van der Waals surface area contributed by atoms with Crippen LogP contribution in [0.3, 0.4) is 0 Å². The van der Waals surface area contributed by atoms with E-state index in [-0.39, 0.29) is 17.3 Å². The first-order valence-electron chi connectivity index (χ1n) is 12.6. The van der Waals surface area contributed by atoms with Gasteiger partial charge >= 0.3 is 5.97 Å². The van der Waals surface area contributed by atoms with Crippen molar-refractivity contribution >= 4 is 70.6 Å². The fourth-order valence-electron chi connectivity index (χ4n) is 3.67. The summed E-state index contributed by atoms with van der Waals surface area (Å²) < 4.78 is 98.8. The highest BCUT2D eigenvalue weighted by molar-refractivity contribution is 7.86. The van der Waals surface area contributed by atoms with Crippen molar-refractivity contribution in [3.05, 3.63) is 90.0 Å². The number of rotatable bonds is 10. The molecule has 0 fully saturated rings. The van der Waals surface area contributed by atoms with Crippen LogP contribution in [0.5, 0.6) is 5.75 Å². The fraction of sp³-hybridized carbons (Fsp3) is 0. The second-order valence-corrected chi connectivity index (χ2v) is 13.5. The van der Waals surface area contributed by atoms with E-state index in [1.54, 1.807) is 24.3 Å². The van der Waals surface area contributed by atoms with Gasteiger partial charge < -0.3 is 15.9 Å². The molecule has 4 aromatic carbocycles. The van der Waals surface area contributed by atoms with Crippen LogP contribution in [-0.4, -0.2) is 60.9 Å². The third-order valence-corrected chi connectivity index (χ3v) is 8.48. The molecule has 0 heterocycles. The molecule has 0 aliphatic rings. The van der Waals surface area contributed by atoms with E-state index in [1.165, 1.54) is 24.3 Å². The molecule has 22 heteroatoms. The number of hydrogen-bond donors (Lipinski definition) is 7. The summed E-state index contributed by atoms with van der Waals surface area (Å²) in [6.07, 6.45) is 0. The maximum atomic E-state index is 11.8. The molecule has 0 saturated heterocycles. The Hall–Kier alpha value is -5.65. The van der Waals surface area contributed by atoms with Gasteiger partial charge in [0.2, 0.25) is 5.84 Å². The zero-order valence-corrected chi connectivity index (χ0v) is 26.1. The lowest BCUT2D eigenvalue weighted by Gasteiger charge is -2.10. The number of hydrazone groups is 1. The number of nitrogens with zero attached hydrogens (tertiary/aromatic N) is 5. The number of nitrogen functional groups attached to an aromatic ring is 1. The number of hydrogen-bond acceptors (Lipinski definition) is 14. The molecule has 8 N–H and O–H groups in total. The highest BCUT2D eigenvalue weighted by Crippen LogP contribution is 2.35. The van der Waals surface area contributed by atoms with E-state index < -0.39 is 79.5 Å². The summed E-state index contributed by atoms with van der Waals surface area (Å²) in [6, 6.07) is 15.2. The number of aromatic hydroxyl groups is 1. The molecule has 0 radical (unpaired) electrons. The molecule has 0 spiro atoms. The van der Waals surface area contributed by atoms with Gasteiger partial charge in [-0.25, -0.2) is 4.79 Å². The summed E-state index contributed by atoms with van der Waals surface area (Å²) >= 11 is 0. The molecule has 48 heavy (non-hydrogen) atoms. The average Bonchev–Trinajstić information content (AvgIpc) is 2.99. The van der Waals surface area contributed by atoms with Crippen molar-refractivity contribution in [3.8, 4) is 5.75 Å². The van der Waals surface area contributed by atoms with Gasteiger partial charge in [0.1, 0.15) is 16.3 Å². The highest BCUT2D eigenvalue weighted by Gasteiger charge is 2.24. The number of anilines is 2. The predicted octanol–water partition coefficient (Wildman–Crippen LogP) is 4.39. The first kappa shape index (κ1) is 35.2. The monoisotopic (exact) mass is 719 g/mol. The molecule has 0 atom stereocenters. The van der Waals surface area contributed by atoms with Crippen LogP contribution in [0, 0.1) is 0 Å². The zero-order chi connectivity index (χ0) is 35.4. The van der Waals surface area contributed by atoms with E-state index >= 15 is 0 Å². The Kier molecular flexibility index (Phi) is 9.98. The molecular formula is C26H21N7O12S3. The molecule has 0 aliphatic heterocycles. The summed E-state index contributed by atoms with van der Waals surface area (Å²) in [7, 11) is -15.2. The van der Waals surface area contributed by atoms with Crippen molar-refractivity contribution in [2.75, 3.05) is 11.2 Å². The van der Waals surface area contributed by atoms with Crippen molar-refractivity contribution < 1.29 is 53.9 Å². The third kappa shape index (κ3) is 8.78. The van der Waals surface area contributed by atoms with Crippen LogP contribution in [0.25, 0.3) is 0 Å². The number of carboxylic acids is 1. The van der Waals surface area contributed by atoms with E-state index in [0.29, 0.717) is 23.5 Å². The van der Waals surface area contributed by atoms with Crippen molar-refractivity contribution in [2.24, 2.45) is 25.6 Å². The molecule has 0 amide bonds. The van der Waals surface area contributed by atoms with Crippen LogP contribution in [0.1, 0.15) is 15.9 Å². The highest BCUT2D eigenvalue weighted by atomic mass is 32.2. The van der Waals surface area contributed by atoms with E-state index in [0.717, 1.165) is 12.1 Å². The molecule has 0 aromatic heterocycles. The SMILES string of the molecule is Nc1ccc(N=Nc2cccc(/C(N=Nc3cc(S(=O)(=O)O)ccc3C(=O)O)=N\Nc3cc(S(=O)(=O)O)cc(S(=O)(=O)O)c3O)c2)cc1. The van der Waals surface area contributed by atoms with Gasteiger partial charge in [-0.2, -0.15) is 40.6 Å². The van der Waals surface area contributed by atoms with Crippen LogP contribution in [0.2, 0.25) is 0 Å². The molecule has 0 bridgehead atoms. The maximum absolute atomic E-state index is 11.8. The number of phenolic OH excluding ortho intramolecular Hbond substituents is 1. The van der Waals surface area contributed by atoms with Gasteiger partial charge in [0.15, 0.2) is 5.75 Å². The topological polar surface area (TPSA) is 320 Å². The van der Waals surface area contributed by atoms with Gasteiger partial charge in [-0.3, -0.25) is 19.1 Å². The Balaban J connectivity index is 1.88. The number of carbonyl (C=O) groups is 1. The maximum Gasteiger partial charge on any atom is 0.337 e. The zero-order valence-electron chi connectivity index (χ0n) is 23.6. The van der Waals surface area contributed by atoms with Crippen molar-refractivity contribution in [2.45, 2.75) is 14.7 Å². The van der Waals surface area contributed by atoms with Crippen molar-refractivity contribution in [3.63, 3.8) is 0 Å². The van der Waals surface area contributed by atoms with Crippen LogP contribution in [-0.2, 0) is 30.4 Å². The van der Waals surface area contributed by atoms with Gasteiger partial charge in [0.05, 0.1) is 26.7 Å². The van der Waals surface area contributed by atoms with E-state index in [1.807, 2.05) is 0 Å². The molecule has 0 aliphatic carbocycles. The first-order valence-corrected chi connectivity index (χ1v) is 16.9. The molecule has 250 valence electrons. The molecule has 0 unspecified atom stereocenters. The number of carboxylic acid groups (broad SMARTS) is 1. The summed E-state index contributed by atoms with van der Waals surface area (Å²) in [5.74, 6) is -3.29. The van der Waals surface area contributed by atoms with E-state index in [9.17, 15) is 53.9 Å². The Morgan fingerprint density at radius 3 is 1.96 bits per heavy atom. The summed E-state index contributed by atoms with van der Waals surface area (Å²) in [4.78, 5) is 8.64. The number of phenols is 1. The van der Waals surface area contributed by atoms with Crippen LogP contribution in [0.15, 0.2) is 119 Å². The van der Waals surface area contributed by atoms with Gasteiger partial charge in [-0.1, -0.05) is 12.1 Å². The molecular weight excluding hydrogens is 699 g/mol. The lowest BCUT2D eigenvalue weighted by molar-refractivity contribution is 0.0697. The minimum absolute atomic E-state index is 0.0308. The fourth-order valence-corrected chi connectivity index (χ4v) is 5.41. The number of azo groups is 2. The summed E-state index contributed by atoms with van der Waals surface area (Å²) in [5, 5.41) is 39.7. The van der Waals surface area contributed by atoms with Gasteiger partial charge in [-0.15, -0.1) is 10.2 Å². The van der Waals surface area contributed by atoms with Gasteiger partial charge in [0, 0.05) is 11.3 Å². The van der Waals surface area contributed by atoms with Crippen molar-refractivity contribution in [1.29, 1.82) is 0 Å². The Bertz CT molecular complexity index is 2340. The van der Waals surface area contributed by atoms with E-state index in [2.05, 4.69) is 31.0 Å². The van der Waals surface area contributed by atoms with E-state index in [4.69, 9.17) is 5.73 Å². The summed E-state index contributed by atoms with van der Waals surface area (Å²) in [6.45, 7) is 0. The molecule has 19 nitrogen and oxygen atoms in total. The lowest BCUT2D eigenvalue weighted by atomic mass is 10.2. The summed E-state index contributed by atoms with van der Waals surface area (Å²) in [5.41, 5.74) is 7.03. The Morgan fingerprint density at radius 2 is 1.35 bits per heavy atom. The Labute approximate surface area is 271 Å². The second kappa shape index (κ2) is 13.6. The van der Waals surface area contributed by atoms with Gasteiger partial charge in [-0.05, 0) is 66.7 Å². The number of nitrogens with one attached hydrogen (secondary N) is 1. The molecule has 4 rings (SSSR count). The number of nitrogens with two attached hydrogens (primary N) is 1. The number of benzene rings is 4. The Morgan fingerprint density at radius 1 is 0.708 bits per heavy atom. The predicted molar refractivity (Wildman–Crippen MR) is 167 cm³/mol. The average molecular weight is 720 g/mol. The minimum Gasteiger partial charge on any atom is -0.504 e. The van der Waals surface area contributed by atoms with Crippen molar-refractivity contribution in [1.82, 2.24) is 0 Å². The smallest absolute Gasteiger partial charge is 0.337 e. The first-order chi connectivity index (χ1) is 22.3. The van der Waals surface area contributed by atoms with Crippen LogP contribution in [0.4, 0.5) is 28.4 Å². The second-order valence-electron chi connectivity index (χ2n) is 9.32. The normalized spacial score (nSPS) is 12.9. The number of amidine groups is 1. The minimum atomic E-state index is -5.25. The van der Waals surface area contributed by atoms with Gasteiger partial charge in [0.25, 0.3) is 30.4 Å². The number of aromatic carboxylic acids is 1. The van der Waals surface area contributed by atoms with Crippen LogP contribution >= 0.6 is 0 Å². The largest absolute Gasteiger partial charge is 0.504 e. The third-order valence-electron chi connectivity index (χ3n) is 5.93. The quantitative estimate of drug-likeness (QED) is 0.0227. The molecule has 4 aromatic rings. The van der Waals surface area contributed by atoms with Crippen LogP contribution < -0.4 is 11.2 Å². The lowest BCUT2D eigenvalue weighted by Crippen LogP contribution is -2.07.